The summed E-state index contributed by atoms with van der Waals surface area (Å²) < 4.78 is 0. The minimum absolute atomic E-state index is 0.152. The third-order valence-electron chi connectivity index (χ3n) is 2.69. The molecule has 0 heterocycles. The number of carbonyl (C=O) groups excluding carboxylic acids is 1. The Kier molecular flexibility index (Phi) is 4.00. The van der Waals surface area contributed by atoms with Gasteiger partial charge in [-0.05, 0) is 24.6 Å². The van der Waals surface area contributed by atoms with Crippen molar-refractivity contribution in [2.75, 3.05) is 0 Å². The van der Waals surface area contributed by atoms with E-state index in [1.54, 1.807) is 24.3 Å². The van der Waals surface area contributed by atoms with Crippen molar-refractivity contribution in [2.45, 2.75) is 13.5 Å². The molecule has 18 heavy (non-hydrogen) atoms. The molecule has 1 N–H and O–H groups in total. The molecule has 0 spiro atoms. The average molecular weight is 260 g/mol. The summed E-state index contributed by atoms with van der Waals surface area (Å²) in [5.74, 6) is -0.152. The zero-order valence-electron chi connectivity index (χ0n) is 10.1. The van der Waals surface area contributed by atoms with Crippen LogP contribution in [0.4, 0.5) is 0 Å². The van der Waals surface area contributed by atoms with E-state index in [4.69, 9.17) is 11.6 Å². The fraction of sp³-hybridized carbons (Fsp3) is 0.133. The summed E-state index contributed by atoms with van der Waals surface area (Å²) in [4.78, 5) is 11.9. The number of carbonyl (C=O) groups is 1. The zero-order chi connectivity index (χ0) is 13.0. The van der Waals surface area contributed by atoms with Gasteiger partial charge in [0.25, 0.3) is 5.91 Å². The molecule has 2 nitrogen and oxygen atoms in total. The third kappa shape index (κ3) is 3.11. The van der Waals surface area contributed by atoms with Crippen LogP contribution in [0.2, 0.25) is 5.02 Å². The summed E-state index contributed by atoms with van der Waals surface area (Å²) in [7, 11) is 0. The highest BCUT2D eigenvalue weighted by Gasteiger charge is 2.08. The summed E-state index contributed by atoms with van der Waals surface area (Å²) in [5, 5.41) is 3.32. The SMILES string of the molecule is Cc1ccc(CNC(=O)c2ccccc2Cl)cc1. The lowest BCUT2D eigenvalue weighted by atomic mass is 10.1. The largest absolute Gasteiger partial charge is 0.348 e. The summed E-state index contributed by atoms with van der Waals surface area (Å²) in [6.45, 7) is 2.54. The maximum Gasteiger partial charge on any atom is 0.253 e. The van der Waals surface area contributed by atoms with Crippen LogP contribution in [0.1, 0.15) is 21.5 Å². The molecule has 0 unspecified atom stereocenters. The number of hydrogen-bond donors (Lipinski definition) is 1. The van der Waals surface area contributed by atoms with Gasteiger partial charge in [0.2, 0.25) is 0 Å². The van der Waals surface area contributed by atoms with Crippen LogP contribution in [-0.4, -0.2) is 5.91 Å². The standard InChI is InChI=1S/C15H14ClNO/c1-11-6-8-12(9-7-11)10-17-15(18)13-4-2-3-5-14(13)16/h2-9H,10H2,1H3,(H,17,18). The Bertz CT molecular complexity index is 549. The second-order valence-electron chi connectivity index (χ2n) is 4.15. The van der Waals surface area contributed by atoms with Gasteiger partial charge in [0.05, 0.1) is 10.6 Å². The maximum absolute atomic E-state index is 11.9. The molecule has 0 saturated heterocycles. The number of aryl methyl sites for hydroxylation is 1. The van der Waals surface area contributed by atoms with Crippen LogP contribution in [0.3, 0.4) is 0 Å². The molecule has 0 bridgehead atoms. The van der Waals surface area contributed by atoms with Crippen molar-refractivity contribution < 1.29 is 4.79 Å². The van der Waals surface area contributed by atoms with Gasteiger partial charge in [-0.1, -0.05) is 53.6 Å². The van der Waals surface area contributed by atoms with E-state index in [0.29, 0.717) is 17.1 Å². The molecule has 0 saturated carbocycles. The van der Waals surface area contributed by atoms with Crippen molar-refractivity contribution in [3.8, 4) is 0 Å². The van der Waals surface area contributed by atoms with Crippen molar-refractivity contribution >= 4 is 17.5 Å². The van der Waals surface area contributed by atoms with E-state index in [1.807, 2.05) is 31.2 Å². The van der Waals surface area contributed by atoms with Crippen LogP contribution in [0.15, 0.2) is 48.5 Å². The Morgan fingerprint density at radius 1 is 1.11 bits per heavy atom. The maximum atomic E-state index is 11.9. The summed E-state index contributed by atoms with van der Waals surface area (Å²) >= 11 is 5.96. The van der Waals surface area contributed by atoms with Crippen molar-refractivity contribution in [3.63, 3.8) is 0 Å². The molecule has 0 aliphatic rings. The van der Waals surface area contributed by atoms with Crippen molar-refractivity contribution in [1.29, 1.82) is 0 Å². The molecule has 0 aliphatic heterocycles. The van der Waals surface area contributed by atoms with Crippen LogP contribution in [0.25, 0.3) is 0 Å². The molecule has 0 radical (unpaired) electrons. The second kappa shape index (κ2) is 5.69. The minimum Gasteiger partial charge on any atom is -0.348 e. The Morgan fingerprint density at radius 2 is 1.78 bits per heavy atom. The lowest BCUT2D eigenvalue weighted by molar-refractivity contribution is 0.0951. The van der Waals surface area contributed by atoms with Crippen LogP contribution in [-0.2, 0) is 6.54 Å². The summed E-state index contributed by atoms with van der Waals surface area (Å²) in [6, 6.07) is 15.1. The lowest BCUT2D eigenvalue weighted by Crippen LogP contribution is -2.23. The van der Waals surface area contributed by atoms with Gasteiger partial charge in [-0.2, -0.15) is 0 Å². The number of rotatable bonds is 3. The predicted octanol–water partition coefficient (Wildman–Crippen LogP) is 3.58. The fourth-order valence-electron chi connectivity index (χ4n) is 1.63. The van der Waals surface area contributed by atoms with E-state index in [-0.39, 0.29) is 5.91 Å². The summed E-state index contributed by atoms with van der Waals surface area (Å²) in [6.07, 6.45) is 0. The zero-order valence-corrected chi connectivity index (χ0v) is 10.9. The first-order chi connectivity index (χ1) is 8.66. The van der Waals surface area contributed by atoms with E-state index < -0.39 is 0 Å². The normalized spacial score (nSPS) is 10.1. The number of benzene rings is 2. The number of nitrogens with one attached hydrogen (secondary N) is 1. The van der Waals surface area contributed by atoms with E-state index in [2.05, 4.69) is 5.32 Å². The van der Waals surface area contributed by atoms with E-state index in [0.717, 1.165) is 5.56 Å². The van der Waals surface area contributed by atoms with Gasteiger partial charge in [-0.15, -0.1) is 0 Å². The Hall–Kier alpha value is -1.80. The number of hydrogen-bond acceptors (Lipinski definition) is 1. The third-order valence-corrected chi connectivity index (χ3v) is 3.02. The molecule has 3 heteroatoms. The van der Waals surface area contributed by atoms with Crippen LogP contribution in [0, 0.1) is 6.92 Å². The molecule has 0 atom stereocenters. The molecule has 0 aliphatic carbocycles. The highest BCUT2D eigenvalue weighted by atomic mass is 35.5. The second-order valence-corrected chi connectivity index (χ2v) is 4.56. The van der Waals surface area contributed by atoms with E-state index in [9.17, 15) is 4.79 Å². The van der Waals surface area contributed by atoms with Crippen molar-refractivity contribution in [2.24, 2.45) is 0 Å². The smallest absolute Gasteiger partial charge is 0.253 e. The Labute approximate surface area is 112 Å². The van der Waals surface area contributed by atoms with Gasteiger partial charge in [0.15, 0.2) is 0 Å². The molecule has 0 fully saturated rings. The minimum atomic E-state index is -0.152. The molecule has 2 aromatic rings. The van der Waals surface area contributed by atoms with Gasteiger partial charge in [0, 0.05) is 6.54 Å². The highest BCUT2D eigenvalue weighted by Crippen LogP contribution is 2.14. The van der Waals surface area contributed by atoms with Gasteiger partial charge in [-0.25, -0.2) is 0 Å². The van der Waals surface area contributed by atoms with Crippen LogP contribution in [0.5, 0.6) is 0 Å². The van der Waals surface area contributed by atoms with Gasteiger partial charge in [0.1, 0.15) is 0 Å². The first-order valence-corrected chi connectivity index (χ1v) is 6.13. The monoisotopic (exact) mass is 259 g/mol. The molecular formula is C15H14ClNO. The van der Waals surface area contributed by atoms with Gasteiger partial charge >= 0.3 is 0 Å². The van der Waals surface area contributed by atoms with E-state index >= 15 is 0 Å². The molecule has 2 rings (SSSR count). The fourth-order valence-corrected chi connectivity index (χ4v) is 1.85. The Morgan fingerprint density at radius 3 is 2.44 bits per heavy atom. The van der Waals surface area contributed by atoms with Gasteiger partial charge in [-0.3, -0.25) is 4.79 Å². The van der Waals surface area contributed by atoms with Crippen LogP contribution >= 0.6 is 11.6 Å². The highest BCUT2D eigenvalue weighted by molar-refractivity contribution is 6.33. The molecule has 2 aromatic carbocycles. The first-order valence-electron chi connectivity index (χ1n) is 5.75. The number of halogens is 1. The average Bonchev–Trinajstić information content (AvgIpc) is 2.38. The first kappa shape index (κ1) is 12.7. The quantitative estimate of drug-likeness (QED) is 0.897. The lowest BCUT2D eigenvalue weighted by Gasteiger charge is -2.07. The van der Waals surface area contributed by atoms with Crippen molar-refractivity contribution in [3.05, 3.63) is 70.2 Å². The predicted molar refractivity (Wildman–Crippen MR) is 73.8 cm³/mol. The summed E-state index contributed by atoms with van der Waals surface area (Å²) in [5.41, 5.74) is 2.78. The molecule has 0 aromatic heterocycles. The Balaban J connectivity index is 2.01. The molecule has 1 amide bonds. The van der Waals surface area contributed by atoms with Gasteiger partial charge < -0.3 is 5.32 Å². The van der Waals surface area contributed by atoms with E-state index in [1.165, 1.54) is 5.56 Å². The number of amides is 1. The van der Waals surface area contributed by atoms with Crippen molar-refractivity contribution in [1.82, 2.24) is 5.32 Å². The van der Waals surface area contributed by atoms with Crippen LogP contribution < -0.4 is 5.32 Å². The molecule has 92 valence electrons. The topological polar surface area (TPSA) is 29.1 Å². The molecular weight excluding hydrogens is 246 g/mol.